The van der Waals surface area contributed by atoms with Crippen LogP contribution >= 0.6 is 23.2 Å². The molecule has 1 saturated carbocycles. The number of halogens is 2. The number of rotatable bonds is 4. The molecule has 1 aromatic rings. The van der Waals surface area contributed by atoms with Crippen LogP contribution in [-0.4, -0.2) is 24.9 Å². The fourth-order valence-corrected chi connectivity index (χ4v) is 2.58. The fraction of sp³-hybridized carbons (Fsp3) is 0.417. The van der Waals surface area contributed by atoms with Crippen molar-refractivity contribution in [1.29, 1.82) is 0 Å². The zero-order chi connectivity index (χ0) is 13.3. The number of amides is 1. The largest absolute Gasteiger partial charge is 0.496 e. The first kappa shape index (κ1) is 13.3. The lowest BCUT2D eigenvalue weighted by molar-refractivity contribution is 0.194. The first-order chi connectivity index (χ1) is 8.54. The zero-order valence-electron chi connectivity index (χ0n) is 9.74. The highest BCUT2D eigenvalue weighted by Crippen LogP contribution is 2.53. The van der Waals surface area contributed by atoms with Crippen LogP contribution in [0.15, 0.2) is 12.1 Å². The van der Waals surface area contributed by atoms with E-state index in [-0.39, 0.29) is 11.8 Å². The standard InChI is InChI=1S/C12H13Cl2NO3/c1-18-9-3-2-8(13)11(14)10(9)7-4-6(7)5-15-12(16)17/h2-3,6-7,15H,4-5H2,1H3,(H,16,17). The average Bonchev–Trinajstić information content (AvgIpc) is 3.09. The molecular formula is C12H13Cl2NO3. The molecule has 0 saturated heterocycles. The van der Waals surface area contributed by atoms with Crippen molar-refractivity contribution in [2.45, 2.75) is 12.3 Å². The number of carbonyl (C=O) groups is 1. The van der Waals surface area contributed by atoms with Crippen molar-refractivity contribution >= 4 is 29.3 Å². The fourth-order valence-electron chi connectivity index (χ4n) is 2.12. The second-order valence-corrected chi connectivity index (χ2v) is 5.05. The summed E-state index contributed by atoms with van der Waals surface area (Å²) >= 11 is 12.2. The summed E-state index contributed by atoms with van der Waals surface area (Å²) in [4.78, 5) is 10.4. The highest BCUT2D eigenvalue weighted by atomic mass is 35.5. The van der Waals surface area contributed by atoms with E-state index in [1.807, 2.05) is 0 Å². The monoisotopic (exact) mass is 289 g/mol. The highest BCUT2D eigenvalue weighted by molar-refractivity contribution is 6.42. The Labute approximate surface area is 115 Å². The molecule has 0 bridgehead atoms. The minimum atomic E-state index is -1.01. The maximum Gasteiger partial charge on any atom is 0.404 e. The third-order valence-corrected chi connectivity index (χ3v) is 3.94. The molecule has 2 rings (SSSR count). The Morgan fingerprint density at radius 1 is 1.56 bits per heavy atom. The highest BCUT2D eigenvalue weighted by Gasteiger charge is 2.41. The summed E-state index contributed by atoms with van der Waals surface area (Å²) in [7, 11) is 1.58. The van der Waals surface area contributed by atoms with E-state index in [0.717, 1.165) is 12.0 Å². The summed E-state index contributed by atoms with van der Waals surface area (Å²) in [6.45, 7) is 0.423. The summed E-state index contributed by atoms with van der Waals surface area (Å²) < 4.78 is 5.28. The molecule has 1 fully saturated rings. The molecule has 0 aliphatic heterocycles. The van der Waals surface area contributed by atoms with E-state index in [9.17, 15) is 4.79 Å². The SMILES string of the molecule is COc1ccc(Cl)c(Cl)c1C1CC1CNC(=O)O. The third-order valence-electron chi connectivity index (χ3n) is 3.12. The lowest BCUT2D eigenvalue weighted by Crippen LogP contribution is -2.23. The molecule has 0 heterocycles. The molecule has 1 amide bonds. The Kier molecular flexibility index (Phi) is 3.88. The molecule has 2 N–H and O–H groups in total. The Morgan fingerprint density at radius 2 is 2.28 bits per heavy atom. The van der Waals surface area contributed by atoms with Crippen LogP contribution in [0.4, 0.5) is 4.79 Å². The molecule has 0 spiro atoms. The Bertz CT molecular complexity index is 479. The topological polar surface area (TPSA) is 58.6 Å². The lowest BCUT2D eigenvalue weighted by Gasteiger charge is -2.11. The Morgan fingerprint density at radius 3 is 2.89 bits per heavy atom. The number of ether oxygens (including phenoxy) is 1. The van der Waals surface area contributed by atoms with Gasteiger partial charge in [0.1, 0.15) is 5.75 Å². The quantitative estimate of drug-likeness (QED) is 0.893. The van der Waals surface area contributed by atoms with Gasteiger partial charge in [-0.05, 0) is 30.4 Å². The van der Waals surface area contributed by atoms with Gasteiger partial charge in [0.25, 0.3) is 0 Å². The van der Waals surface area contributed by atoms with E-state index in [1.165, 1.54) is 0 Å². The van der Waals surface area contributed by atoms with Crippen LogP contribution in [0.1, 0.15) is 17.9 Å². The van der Waals surface area contributed by atoms with Gasteiger partial charge in [0.15, 0.2) is 0 Å². The molecule has 1 aromatic carbocycles. The third kappa shape index (κ3) is 2.65. The van der Waals surface area contributed by atoms with Crippen molar-refractivity contribution in [3.63, 3.8) is 0 Å². The molecular weight excluding hydrogens is 277 g/mol. The minimum Gasteiger partial charge on any atom is -0.496 e. The van der Waals surface area contributed by atoms with E-state index in [4.69, 9.17) is 33.0 Å². The van der Waals surface area contributed by atoms with Crippen molar-refractivity contribution in [3.8, 4) is 5.75 Å². The molecule has 2 atom stereocenters. The van der Waals surface area contributed by atoms with Crippen LogP contribution in [0.5, 0.6) is 5.75 Å². The molecule has 0 aromatic heterocycles. The van der Waals surface area contributed by atoms with Gasteiger partial charge in [0.2, 0.25) is 0 Å². The second kappa shape index (κ2) is 5.24. The first-order valence-corrected chi connectivity index (χ1v) is 6.28. The minimum absolute atomic E-state index is 0.206. The molecule has 6 heteroatoms. The van der Waals surface area contributed by atoms with E-state index in [2.05, 4.69) is 5.32 Å². The summed E-state index contributed by atoms with van der Waals surface area (Å²) in [5, 5.41) is 11.9. The van der Waals surface area contributed by atoms with Crippen molar-refractivity contribution in [2.75, 3.05) is 13.7 Å². The maximum absolute atomic E-state index is 10.4. The Hall–Kier alpha value is -1.13. The van der Waals surface area contributed by atoms with E-state index in [0.29, 0.717) is 22.3 Å². The van der Waals surface area contributed by atoms with Crippen molar-refractivity contribution in [1.82, 2.24) is 5.32 Å². The zero-order valence-corrected chi connectivity index (χ0v) is 11.3. The smallest absolute Gasteiger partial charge is 0.404 e. The van der Waals surface area contributed by atoms with Crippen LogP contribution in [0, 0.1) is 5.92 Å². The molecule has 18 heavy (non-hydrogen) atoms. The van der Waals surface area contributed by atoms with Gasteiger partial charge in [-0.25, -0.2) is 4.79 Å². The number of carboxylic acid groups (broad SMARTS) is 1. The van der Waals surface area contributed by atoms with Gasteiger partial charge < -0.3 is 15.2 Å². The van der Waals surface area contributed by atoms with Gasteiger partial charge in [-0.3, -0.25) is 0 Å². The van der Waals surface area contributed by atoms with Gasteiger partial charge in [0, 0.05) is 12.1 Å². The molecule has 0 radical (unpaired) electrons. The second-order valence-electron chi connectivity index (χ2n) is 4.27. The van der Waals surface area contributed by atoms with E-state index in [1.54, 1.807) is 19.2 Å². The molecule has 2 unspecified atom stereocenters. The van der Waals surface area contributed by atoms with Gasteiger partial charge in [-0.15, -0.1) is 0 Å². The van der Waals surface area contributed by atoms with Crippen LogP contribution < -0.4 is 10.1 Å². The number of nitrogens with one attached hydrogen (secondary N) is 1. The van der Waals surface area contributed by atoms with Crippen molar-refractivity contribution in [2.24, 2.45) is 5.92 Å². The lowest BCUT2D eigenvalue weighted by atomic mass is 10.1. The van der Waals surface area contributed by atoms with Crippen LogP contribution in [0.3, 0.4) is 0 Å². The van der Waals surface area contributed by atoms with Gasteiger partial charge in [0.05, 0.1) is 17.2 Å². The number of hydrogen-bond donors (Lipinski definition) is 2. The number of hydrogen-bond acceptors (Lipinski definition) is 2. The molecule has 4 nitrogen and oxygen atoms in total. The summed E-state index contributed by atoms with van der Waals surface area (Å²) in [6.07, 6.45) is -0.124. The number of benzene rings is 1. The predicted molar refractivity (Wildman–Crippen MR) is 69.9 cm³/mol. The summed E-state index contributed by atoms with van der Waals surface area (Å²) in [5.41, 5.74) is 0.879. The summed E-state index contributed by atoms with van der Waals surface area (Å²) in [6, 6.07) is 3.47. The van der Waals surface area contributed by atoms with Crippen LogP contribution in [0.2, 0.25) is 10.0 Å². The predicted octanol–water partition coefficient (Wildman–Crippen LogP) is 3.37. The molecule has 98 valence electrons. The Balaban J connectivity index is 2.15. The van der Waals surface area contributed by atoms with Crippen LogP contribution in [-0.2, 0) is 0 Å². The van der Waals surface area contributed by atoms with Crippen LogP contribution in [0.25, 0.3) is 0 Å². The normalized spacial score (nSPS) is 21.5. The van der Waals surface area contributed by atoms with E-state index < -0.39 is 6.09 Å². The number of methoxy groups -OCH3 is 1. The first-order valence-electron chi connectivity index (χ1n) is 5.53. The maximum atomic E-state index is 10.4. The summed E-state index contributed by atoms with van der Waals surface area (Å²) in [5.74, 6) is 1.16. The van der Waals surface area contributed by atoms with Gasteiger partial charge in [-0.1, -0.05) is 23.2 Å². The molecule has 1 aliphatic rings. The van der Waals surface area contributed by atoms with Gasteiger partial charge in [-0.2, -0.15) is 0 Å². The van der Waals surface area contributed by atoms with Crippen molar-refractivity contribution < 1.29 is 14.6 Å². The van der Waals surface area contributed by atoms with Gasteiger partial charge >= 0.3 is 6.09 Å². The molecule has 1 aliphatic carbocycles. The van der Waals surface area contributed by atoms with Crippen molar-refractivity contribution in [3.05, 3.63) is 27.7 Å². The van der Waals surface area contributed by atoms with E-state index >= 15 is 0 Å². The average molecular weight is 290 g/mol.